The highest BCUT2D eigenvalue weighted by Crippen LogP contribution is 2.19. The van der Waals surface area contributed by atoms with Crippen molar-refractivity contribution in [2.45, 2.75) is 13.0 Å². The normalized spacial score (nSPS) is 10.7. The van der Waals surface area contributed by atoms with Crippen LogP contribution in [0.15, 0.2) is 60.8 Å². The largest absolute Gasteiger partial charge is 0.489 e. The van der Waals surface area contributed by atoms with E-state index in [1.165, 1.54) is 0 Å². The number of anilines is 3. The molecule has 3 rings (SSSR count). The van der Waals surface area contributed by atoms with E-state index in [1.54, 1.807) is 6.20 Å². The molecule has 0 unspecified atom stereocenters. The molecule has 0 radical (unpaired) electrons. The molecular weight excluding hydrogens is 352 g/mol. The van der Waals surface area contributed by atoms with Crippen LogP contribution in [0.2, 0.25) is 0 Å². The van der Waals surface area contributed by atoms with Crippen LogP contribution in [0.1, 0.15) is 12.0 Å². The molecule has 3 aromatic rings. The van der Waals surface area contributed by atoms with Crippen molar-refractivity contribution in [3.63, 3.8) is 0 Å². The van der Waals surface area contributed by atoms with Crippen LogP contribution >= 0.6 is 0 Å². The van der Waals surface area contributed by atoms with Crippen molar-refractivity contribution in [3.05, 3.63) is 66.4 Å². The first-order chi connectivity index (χ1) is 13.7. The van der Waals surface area contributed by atoms with Crippen LogP contribution in [0.4, 0.5) is 17.5 Å². The summed E-state index contributed by atoms with van der Waals surface area (Å²) in [5, 5.41) is 14.5. The number of benzene rings is 2. The zero-order valence-electron chi connectivity index (χ0n) is 16.3. The smallest absolute Gasteiger partial charge is 0.249 e. The van der Waals surface area contributed by atoms with Crippen molar-refractivity contribution in [1.82, 2.24) is 20.1 Å². The number of aromatic nitrogens is 3. The molecule has 0 aliphatic heterocycles. The van der Waals surface area contributed by atoms with Crippen molar-refractivity contribution in [2.75, 3.05) is 37.8 Å². The molecule has 7 nitrogen and oxygen atoms in total. The predicted molar refractivity (Wildman–Crippen MR) is 112 cm³/mol. The molecule has 0 aliphatic rings. The van der Waals surface area contributed by atoms with Crippen LogP contribution in [0.25, 0.3) is 0 Å². The third-order valence-electron chi connectivity index (χ3n) is 4.01. The molecule has 2 N–H and O–H groups in total. The van der Waals surface area contributed by atoms with Gasteiger partial charge in [0.25, 0.3) is 0 Å². The summed E-state index contributed by atoms with van der Waals surface area (Å²) in [5.74, 6) is 1.97. The van der Waals surface area contributed by atoms with Crippen molar-refractivity contribution in [3.8, 4) is 5.75 Å². The number of rotatable bonds is 10. The number of nitrogens with one attached hydrogen (secondary N) is 2. The second kappa shape index (κ2) is 10.2. The van der Waals surface area contributed by atoms with Crippen LogP contribution in [0.5, 0.6) is 5.75 Å². The first-order valence-corrected chi connectivity index (χ1v) is 9.31. The third kappa shape index (κ3) is 6.51. The van der Waals surface area contributed by atoms with Crippen LogP contribution in [0.3, 0.4) is 0 Å². The molecule has 0 spiro atoms. The van der Waals surface area contributed by atoms with Crippen LogP contribution < -0.4 is 15.4 Å². The van der Waals surface area contributed by atoms with Gasteiger partial charge in [-0.25, -0.2) is 0 Å². The summed E-state index contributed by atoms with van der Waals surface area (Å²) >= 11 is 0. The minimum absolute atomic E-state index is 0.454. The first-order valence-electron chi connectivity index (χ1n) is 9.31. The second-order valence-electron chi connectivity index (χ2n) is 6.67. The molecule has 0 amide bonds. The zero-order valence-corrected chi connectivity index (χ0v) is 16.3. The van der Waals surface area contributed by atoms with E-state index in [1.807, 2.05) is 54.6 Å². The lowest BCUT2D eigenvalue weighted by Crippen LogP contribution is -2.16. The van der Waals surface area contributed by atoms with E-state index < -0.39 is 0 Å². The molecule has 0 aliphatic carbocycles. The van der Waals surface area contributed by atoms with Gasteiger partial charge in [-0.1, -0.05) is 30.3 Å². The van der Waals surface area contributed by atoms with Gasteiger partial charge in [-0.15, -0.1) is 5.10 Å². The quantitative estimate of drug-likeness (QED) is 0.523. The summed E-state index contributed by atoms with van der Waals surface area (Å²) in [6.45, 7) is 2.40. The average Bonchev–Trinajstić information content (AvgIpc) is 2.72. The van der Waals surface area contributed by atoms with Crippen molar-refractivity contribution in [1.29, 1.82) is 0 Å². The fourth-order valence-electron chi connectivity index (χ4n) is 2.56. The molecule has 28 heavy (non-hydrogen) atoms. The summed E-state index contributed by atoms with van der Waals surface area (Å²) in [7, 11) is 4.12. The van der Waals surface area contributed by atoms with Crippen LogP contribution in [-0.4, -0.2) is 47.3 Å². The van der Waals surface area contributed by atoms with Gasteiger partial charge in [0.05, 0.1) is 6.20 Å². The monoisotopic (exact) mass is 378 g/mol. The van der Waals surface area contributed by atoms with E-state index in [0.29, 0.717) is 18.4 Å². The Kier molecular flexibility index (Phi) is 7.14. The lowest BCUT2D eigenvalue weighted by Gasteiger charge is -2.11. The maximum absolute atomic E-state index is 5.80. The average molecular weight is 378 g/mol. The third-order valence-corrected chi connectivity index (χ3v) is 4.01. The Morgan fingerprint density at radius 2 is 1.79 bits per heavy atom. The van der Waals surface area contributed by atoms with Gasteiger partial charge in [-0.05, 0) is 56.9 Å². The lowest BCUT2D eigenvalue weighted by atomic mass is 10.2. The fraction of sp³-hybridized carbons (Fsp3) is 0.286. The molecule has 1 heterocycles. The molecule has 146 valence electrons. The number of ether oxygens (including phenoxy) is 1. The summed E-state index contributed by atoms with van der Waals surface area (Å²) in [4.78, 5) is 6.60. The predicted octanol–water partition coefficient (Wildman–Crippen LogP) is 3.56. The maximum Gasteiger partial charge on any atom is 0.249 e. The Labute approximate surface area is 165 Å². The molecule has 1 aromatic heterocycles. The van der Waals surface area contributed by atoms with Gasteiger partial charge in [0, 0.05) is 12.2 Å². The second-order valence-corrected chi connectivity index (χ2v) is 6.67. The van der Waals surface area contributed by atoms with Gasteiger partial charge < -0.3 is 20.3 Å². The molecule has 0 saturated heterocycles. The van der Waals surface area contributed by atoms with Gasteiger partial charge in [-0.2, -0.15) is 10.1 Å². The molecule has 0 atom stereocenters. The summed E-state index contributed by atoms with van der Waals surface area (Å²) in [5.41, 5.74) is 2.01. The van der Waals surface area contributed by atoms with E-state index >= 15 is 0 Å². The number of nitrogens with zero attached hydrogens (tertiary/aromatic N) is 4. The summed E-state index contributed by atoms with van der Waals surface area (Å²) in [6, 6.07) is 17.8. The number of hydrogen-bond acceptors (Lipinski definition) is 7. The van der Waals surface area contributed by atoms with Gasteiger partial charge in [0.1, 0.15) is 12.4 Å². The first kappa shape index (κ1) is 19.6. The number of hydrogen-bond donors (Lipinski definition) is 2. The summed E-state index contributed by atoms with van der Waals surface area (Å²) < 4.78 is 5.80. The SMILES string of the molecule is CN(C)CCCNc1cnnc(Nc2ccc(OCc3ccccc3)cc2)n1. The fourth-order valence-corrected chi connectivity index (χ4v) is 2.56. The topological polar surface area (TPSA) is 75.2 Å². The molecule has 0 fully saturated rings. The Hall–Kier alpha value is -3.19. The summed E-state index contributed by atoms with van der Waals surface area (Å²) in [6.07, 6.45) is 2.66. The van der Waals surface area contributed by atoms with Crippen molar-refractivity contribution < 1.29 is 4.74 Å². The highest BCUT2D eigenvalue weighted by molar-refractivity contribution is 5.55. The molecular formula is C21H26N6O. The lowest BCUT2D eigenvalue weighted by molar-refractivity contribution is 0.306. The Bertz CT molecular complexity index is 839. The van der Waals surface area contributed by atoms with Gasteiger partial charge in [0.15, 0.2) is 5.82 Å². The Morgan fingerprint density at radius 1 is 1.00 bits per heavy atom. The van der Waals surface area contributed by atoms with Crippen LogP contribution in [0, 0.1) is 0 Å². The zero-order chi connectivity index (χ0) is 19.6. The Morgan fingerprint density at radius 3 is 2.54 bits per heavy atom. The van der Waals surface area contributed by atoms with E-state index in [2.05, 4.69) is 44.8 Å². The van der Waals surface area contributed by atoms with Gasteiger partial charge in [-0.3, -0.25) is 0 Å². The molecule has 0 saturated carbocycles. The maximum atomic E-state index is 5.80. The Balaban J connectivity index is 1.50. The highest BCUT2D eigenvalue weighted by atomic mass is 16.5. The minimum atomic E-state index is 0.454. The van der Waals surface area contributed by atoms with Crippen LogP contribution in [-0.2, 0) is 6.61 Å². The van der Waals surface area contributed by atoms with E-state index in [4.69, 9.17) is 4.74 Å². The highest BCUT2D eigenvalue weighted by Gasteiger charge is 2.02. The molecule has 0 bridgehead atoms. The van der Waals surface area contributed by atoms with E-state index in [9.17, 15) is 0 Å². The van der Waals surface area contributed by atoms with Gasteiger partial charge >= 0.3 is 0 Å². The van der Waals surface area contributed by atoms with Crippen molar-refractivity contribution >= 4 is 17.5 Å². The van der Waals surface area contributed by atoms with E-state index in [0.717, 1.165) is 36.5 Å². The molecule has 2 aromatic carbocycles. The van der Waals surface area contributed by atoms with Crippen molar-refractivity contribution in [2.24, 2.45) is 0 Å². The van der Waals surface area contributed by atoms with Gasteiger partial charge in [0.2, 0.25) is 5.95 Å². The molecule has 7 heteroatoms. The standard InChI is InChI=1S/C21H26N6O/c1-27(2)14-6-13-22-20-15-23-26-21(25-20)24-18-9-11-19(12-10-18)28-16-17-7-4-3-5-8-17/h3-5,7-12,15H,6,13-14,16H2,1-2H3,(H2,22,24,25,26). The van der Waals surface area contributed by atoms with E-state index in [-0.39, 0.29) is 0 Å². The minimum Gasteiger partial charge on any atom is -0.489 e.